The highest BCUT2D eigenvalue weighted by molar-refractivity contribution is 6.16. The quantitative estimate of drug-likeness (QED) is 0.410. The zero-order valence-electron chi connectivity index (χ0n) is 18.8. The van der Waals surface area contributed by atoms with Gasteiger partial charge in [0.2, 0.25) is 17.7 Å². The van der Waals surface area contributed by atoms with Gasteiger partial charge in [-0.15, -0.1) is 0 Å². The van der Waals surface area contributed by atoms with E-state index in [0.29, 0.717) is 41.5 Å². The minimum Gasteiger partial charge on any atom is -0.439 e. The van der Waals surface area contributed by atoms with Crippen LogP contribution in [0.1, 0.15) is 12.8 Å². The molecule has 3 heterocycles. The van der Waals surface area contributed by atoms with E-state index in [2.05, 4.69) is 15.1 Å². The molecule has 1 aliphatic rings. The molecular weight excluding hydrogens is 451 g/mol. The number of hydrogen-bond donors (Lipinski definition) is 1. The SMILES string of the molecule is Cn1cc(-c2cc(Oc3ccc(N(C(=O)C4(C(N)=O)CC4)c4ccc(F)cc4)cn3)ccn2)cn1. The van der Waals surface area contributed by atoms with Gasteiger partial charge in [-0.25, -0.2) is 9.37 Å². The lowest BCUT2D eigenvalue weighted by Gasteiger charge is -2.26. The fourth-order valence-electron chi connectivity index (χ4n) is 3.75. The third-order valence-corrected chi connectivity index (χ3v) is 5.85. The molecule has 9 nitrogen and oxygen atoms in total. The second-order valence-electron chi connectivity index (χ2n) is 8.30. The number of rotatable bonds is 7. The van der Waals surface area contributed by atoms with Crippen molar-refractivity contribution in [2.24, 2.45) is 18.2 Å². The molecule has 0 bridgehead atoms. The van der Waals surface area contributed by atoms with Crippen LogP contribution in [0.5, 0.6) is 11.6 Å². The lowest BCUT2D eigenvalue weighted by Crippen LogP contribution is -2.41. The Labute approximate surface area is 200 Å². The van der Waals surface area contributed by atoms with E-state index in [-0.39, 0.29) is 0 Å². The normalized spacial score (nSPS) is 13.8. The Bertz CT molecular complexity index is 1400. The predicted octanol–water partition coefficient (Wildman–Crippen LogP) is 3.74. The molecule has 0 radical (unpaired) electrons. The number of nitrogens with zero attached hydrogens (tertiary/aromatic N) is 5. The summed E-state index contributed by atoms with van der Waals surface area (Å²) in [6, 6.07) is 12.1. The summed E-state index contributed by atoms with van der Waals surface area (Å²) in [6.45, 7) is 0. The van der Waals surface area contributed by atoms with Gasteiger partial charge in [0.1, 0.15) is 17.0 Å². The summed E-state index contributed by atoms with van der Waals surface area (Å²) in [6.07, 6.45) is 7.37. The summed E-state index contributed by atoms with van der Waals surface area (Å²) in [5.74, 6) is -0.773. The van der Waals surface area contributed by atoms with Crippen LogP contribution in [0.15, 0.2) is 73.3 Å². The Morgan fingerprint density at radius 1 is 1.06 bits per heavy atom. The molecule has 1 fully saturated rings. The number of amides is 2. The van der Waals surface area contributed by atoms with Gasteiger partial charge < -0.3 is 10.5 Å². The lowest BCUT2D eigenvalue weighted by molar-refractivity contribution is -0.133. The van der Waals surface area contributed by atoms with E-state index in [1.54, 1.807) is 41.3 Å². The molecule has 0 aliphatic heterocycles. The number of benzene rings is 1. The van der Waals surface area contributed by atoms with Crippen LogP contribution < -0.4 is 15.4 Å². The Morgan fingerprint density at radius 3 is 2.40 bits per heavy atom. The van der Waals surface area contributed by atoms with Crippen molar-refractivity contribution < 1.29 is 18.7 Å². The molecule has 35 heavy (non-hydrogen) atoms. The monoisotopic (exact) mass is 472 g/mol. The van der Waals surface area contributed by atoms with Crippen molar-refractivity contribution in [3.63, 3.8) is 0 Å². The zero-order valence-corrected chi connectivity index (χ0v) is 18.8. The predicted molar refractivity (Wildman–Crippen MR) is 125 cm³/mol. The largest absolute Gasteiger partial charge is 0.439 e. The average Bonchev–Trinajstić information content (AvgIpc) is 3.57. The number of aromatic nitrogens is 4. The van der Waals surface area contributed by atoms with Crippen molar-refractivity contribution in [3.8, 4) is 22.9 Å². The van der Waals surface area contributed by atoms with Crippen LogP contribution >= 0.6 is 0 Å². The van der Waals surface area contributed by atoms with E-state index < -0.39 is 23.0 Å². The molecule has 3 aromatic heterocycles. The van der Waals surface area contributed by atoms with Gasteiger partial charge in [0.05, 0.1) is 23.8 Å². The summed E-state index contributed by atoms with van der Waals surface area (Å²) < 4.78 is 21.1. The van der Waals surface area contributed by atoms with Crippen molar-refractivity contribution in [1.82, 2.24) is 19.7 Å². The molecule has 0 spiro atoms. The van der Waals surface area contributed by atoms with Crippen LogP contribution in [-0.4, -0.2) is 31.6 Å². The maximum Gasteiger partial charge on any atom is 0.247 e. The van der Waals surface area contributed by atoms with E-state index in [1.165, 1.54) is 35.4 Å². The van der Waals surface area contributed by atoms with Crippen molar-refractivity contribution in [1.29, 1.82) is 0 Å². The number of ether oxygens (including phenoxy) is 1. The maximum atomic E-state index is 13.5. The lowest BCUT2D eigenvalue weighted by atomic mass is 10.0. The van der Waals surface area contributed by atoms with Gasteiger partial charge in [0.15, 0.2) is 0 Å². The Kier molecular flexibility index (Phi) is 5.48. The molecule has 10 heteroatoms. The van der Waals surface area contributed by atoms with E-state index in [4.69, 9.17) is 10.5 Å². The third kappa shape index (κ3) is 4.33. The smallest absolute Gasteiger partial charge is 0.247 e. The molecule has 176 valence electrons. The van der Waals surface area contributed by atoms with E-state index in [0.717, 1.165) is 5.56 Å². The van der Waals surface area contributed by atoms with Crippen molar-refractivity contribution in [3.05, 3.63) is 79.1 Å². The first-order chi connectivity index (χ1) is 16.9. The van der Waals surface area contributed by atoms with Crippen LogP contribution in [0.2, 0.25) is 0 Å². The number of primary amides is 1. The summed E-state index contributed by atoms with van der Waals surface area (Å²) in [5.41, 5.74) is 6.60. The number of halogens is 1. The van der Waals surface area contributed by atoms with Gasteiger partial charge in [0.25, 0.3) is 0 Å². The van der Waals surface area contributed by atoms with E-state index in [1.807, 2.05) is 13.2 Å². The van der Waals surface area contributed by atoms with E-state index in [9.17, 15) is 14.0 Å². The summed E-state index contributed by atoms with van der Waals surface area (Å²) >= 11 is 0. The number of aryl methyl sites for hydroxylation is 1. The maximum absolute atomic E-state index is 13.5. The molecule has 0 atom stereocenters. The summed E-state index contributed by atoms with van der Waals surface area (Å²) in [5, 5.41) is 4.15. The highest BCUT2D eigenvalue weighted by Crippen LogP contribution is 2.49. The molecule has 2 amide bonds. The Morgan fingerprint density at radius 2 is 1.80 bits per heavy atom. The molecule has 2 N–H and O–H groups in total. The molecule has 5 rings (SSSR count). The molecule has 4 aromatic rings. The first-order valence-electron chi connectivity index (χ1n) is 10.8. The van der Waals surface area contributed by atoms with Gasteiger partial charge in [-0.05, 0) is 49.2 Å². The molecule has 0 saturated heterocycles. The molecular formula is C25H21FN6O3. The van der Waals surface area contributed by atoms with Gasteiger partial charge in [0, 0.05) is 42.8 Å². The number of pyridine rings is 2. The first kappa shape index (κ1) is 22.2. The minimum absolute atomic E-state index is 0.291. The van der Waals surface area contributed by atoms with Crippen molar-refractivity contribution in [2.45, 2.75) is 12.8 Å². The molecule has 1 aromatic carbocycles. The topological polar surface area (TPSA) is 116 Å². The Balaban J connectivity index is 1.42. The highest BCUT2D eigenvalue weighted by Gasteiger charge is 2.57. The molecule has 1 aliphatic carbocycles. The fraction of sp³-hybridized carbons (Fsp3) is 0.160. The number of nitrogens with two attached hydrogens (primary N) is 1. The summed E-state index contributed by atoms with van der Waals surface area (Å²) in [4.78, 5) is 35.4. The van der Waals surface area contributed by atoms with Crippen LogP contribution in [0.4, 0.5) is 15.8 Å². The average molecular weight is 472 g/mol. The van der Waals surface area contributed by atoms with Crippen LogP contribution in [0.3, 0.4) is 0 Å². The number of carbonyl (C=O) groups is 2. The molecule has 1 saturated carbocycles. The van der Waals surface area contributed by atoms with Gasteiger partial charge in [-0.1, -0.05) is 0 Å². The van der Waals surface area contributed by atoms with Gasteiger partial charge >= 0.3 is 0 Å². The van der Waals surface area contributed by atoms with Crippen molar-refractivity contribution in [2.75, 3.05) is 4.90 Å². The van der Waals surface area contributed by atoms with Gasteiger partial charge in [-0.3, -0.25) is 24.2 Å². The van der Waals surface area contributed by atoms with Crippen molar-refractivity contribution >= 4 is 23.2 Å². The van der Waals surface area contributed by atoms with E-state index >= 15 is 0 Å². The number of carbonyl (C=O) groups excluding carboxylic acids is 2. The van der Waals surface area contributed by atoms with Crippen LogP contribution in [0, 0.1) is 11.2 Å². The minimum atomic E-state index is -1.26. The Hall–Kier alpha value is -4.60. The molecule has 0 unspecified atom stereocenters. The van der Waals surface area contributed by atoms with Crippen LogP contribution in [-0.2, 0) is 16.6 Å². The highest BCUT2D eigenvalue weighted by atomic mass is 19.1. The third-order valence-electron chi connectivity index (χ3n) is 5.85. The second-order valence-corrected chi connectivity index (χ2v) is 8.30. The number of hydrogen-bond acceptors (Lipinski definition) is 6. The second kappa shape index (κ2) is 8.64. The summed E-state index contributed by atoms with van der Waals surface area (Å²) in [7, 11) is 1.82. The number of anilines is 2. The standard InChI is InChI=1S/C25H21FN6O3/c1-31-15-16(13-30-31)21-12-20(8-11-28-21)35-22-7-6-19(14-29-22)32(18-4-2-17(26)3-5-18)24(34)25(9-10-25)23(27)33/h2-8,11-15H,9-10H2,1H3,(H2,27,33). The first-order valence-corrected chi connectivity index (χ1v) is 10.8. The van der Waals surface area contributed by atoms with Crippen LogP contribution in [0.25, 0.3) is 11.3 Å². The van der Waals surface area contributed by atoms with Gasteiger partial charge in [-0.2, -0.15) is 5.10 Å². The zero-order chi connectivity index (χ0) is 24.6. The fourth-order valence-corrected chi connectivity index (χ4v) is 3.75.